The number of rotatable bonds is 0. The van der Waals surface area contributed by atoms with Gasteiger partial charge in [0.1, 0.15) is 0 Å². The van der Waals surface area contributed by atoms with Gasteiger partial charge < -0.3 is 0 Å². The number of hydrogen-bond donors (Lipinski definition) is 0. The van der Waals surface area contributed by atoms with Crippen molar-refractivity contribution in [2.45, 2.75) is 13.3 Å². The molecule has 0 heterocycles. The van der Waals surface area contributed by atoms with Gasteiger partial charge in [0.15, 0.2) is 0 Å². The minimum Gasteiger partial charge on any atom is -0.193 e. The fraction of sp³-hybridized carbons (Fsp3) is 0.286. The van der Waals surface area contributed by atoms with Gasteiger partial charge in [0.05, 0.1) is 6.07 Å². The lowest BCUT2D eigenvalue weighted by Gasteiger charge is -1.84. The van der Waals surface area contributed by atoms with Crippen LogP contribution in [0.5, 0.6) is 0 Å². The Hall–Kier alpha value is -1.03. The first-order chi connectivity index (χ1) is 3.83. The minimum atomic E-state index is 0.858. The van der Waals surface area contributed by atoms with Crippen LogP contribution < -0.4 is 0 Å². The van der Waals surface area contributed by atoms with Crippen LogP contribution in [-0.4, -0.2) is 0 Å². The van der Waals surface area contributed by atoms with E-state index in [0.29, 0.717) is 0 Å². The topological polar surface area (TPSA) is 23.8 Å². The molecular formula is C7H7N. The molecule has 0 aromatic heterocycles. The molecule has 0 N–H and O–H groups in total. The fourth-order valence-electron chi connectivity index (χ4n) is 0.738. The third kappa shape index (κ3) is 0.788. The van der Waals surface area contributed by atoms with E-state index in [2.05, 4.69) is 6.07 Å². The molecule has 40 valence electrons. The molecule has 1 heteroatoms. The first-order valence-electron chi connectivity index (χ1n) is 2.59. The van der Waals surface area contributed by atoms with Crippen molar-refractivity contribution in [3.05, 3.63) is 23.3 Å². The zero-order valence-electron chi connectivity index (χ0n) is 4.81. The minimum absolute atomic E-state index is 0.858. The fourth-order valence-corrected chi connectivity index (χ4v) is 0.738. The van der Waals surface area contributed by atoms with Crippen molar-refractivity contribution in [1.29, 1.82) is 5.26 Å². The van der Waals surface area contributed by atoms with Gasteiger partial charge in [-0.3, -0.25) is 0 Å². The molecule has 1 rings (SSSR count). The summed E-state index contributed by atoms with van der Waals surface area (Å²) >= 11 is 0. The van der Waals surface area contributed by atoms with Gasteiger partial charge in [0.2, 0.25) is 0 Å². The van der Waals surface area contributed by atoms with Crippen molar-refractivity contribution in [1.82, 2.24) is 0 Å². The van der Waals surface area contributed by atoms with Crippen LogP contribution in [0.4, 0.5) is 0 Å². The van der Waals surface area contributed by atoms with Crippen LogP contribution in [0.25, 0.3) is 0 Å². The van der Waals surface area contributed by atoms with Gasteiger partial charge in [-0.15, -0.1) is 0 Å². The Balaban J connectivity index is 2.66. The summed E-state index contributed by atoms with van der Waals surface area (Å²) in [6, 6.07) is 2.10. The molecular weight excluding hydrogens is 98.1 g/mol. The summed E-state index contributed by atoms with van der Waals surface area (Å²) in [5, 5.41) is 8.33. The van der Waals surface area contributed by atoms with Crippen molar-refractivity contribution in [2.75, 3.05) is 0 Å². The van der Waals surface area contributed by atoms with Crippen LogP contribution in [0.2, 0.25) is 0 Å². The molecule has 0 saturated heterocycles. The van der Waals surface area contributed by atoms with Crippen LogP contribution >= 0.6 is 0 Å². The van der Waals surface area contributed by atoms with Crippen LogP contribution in [0.15, 0.2) is 23.3 Å². The van der Waals surface area contributed by atoms with Crippen LogP contribution in [0, 0.1) is 11.3 Å². The second kappa shape index (κ2) is 1.83. The molecule has 0 atom stereocenters. The van der Waals surface area contributed by atoms with E-state index >= 15 is 0 Å². The first kappa shape index (κ1) is 5.11. The predicted octanol–water partition coefficient (Wildman–Crippen LogP) is 1.79. The Kier molecular flexibility index (Phi) is 1.17. The smallest absolute Gasteiger partial charge is 0.0950 e. The van der Waals surface area contributed by atoms with E-state index in [1.165, 1.54) is 5.57 Å². The molecule has 0 amide bonds. The van der Waals surface area contributed by atoms with Gasteiger partial charge in [-0.25, -0.2) is 0 Å². The Morgan fingerprint density at radius 3 is 2.62 bits per heavy atom. The molecule has 0 aliphatic heterocycles. The Morgan fingerprint density at radius 1 is 1.62 bits per heavy atom. The molecule has 0 spiro atoms. The predicted molar refractivity (Wildman–Crippen MR) is 32.1 cm³/mol. The second-order valence-corrected chi connectivity index (χ2v) is 1.99. The van der Waals surface area contributed by atoms with Crippen molar-refractivity contribution in [3.8, 4) is 6.07 Å². The molecule has 1 nitrogen and oxygen atoms in total. The van der Waals surface area contributed by atoms with E-state index in [-0.39, 0.29) is 0 Å². The van der Waals surface area contributed by atoms with Gasteiger partial charge in [-0.2, -0.15) is 5.26 Å². The highest BCUT2D eigenvalue weighted by Crippen LogP contribution is 2.16. The Bertz CT molecular complexity index is 191. The summed E-state index contributed by atoms with van der Waals surface area (Å²) in [5.74, 6) is 0. The number of nitriles is 1. The lowest BCUT2D eigenvalue weighted by Crippen LogP contribution is -1.71. The first-order valence-corrected chi connectivity index (χ1v) is 2.59. The number of allylic oxidation sites excluding steroid dienone is 4. The summed E-state index contributed by atoms with van der Waals surface area (Å²) in [6.45, 7) is 2.03. The second-order valence-electron chi connectivity index (χ2n) is 1.99. The van der Waals surface area contributed by atoms with Crippen molar-refractivity contribution in [2.24, 2.45) is 0 Å². The third-order valence-corrected chi connectivity index (χ3v) is 1.18. The van der Waals surface area contributed by atoms with Crippen molar-refractivity contribution in [3.63, 3.8) is 0 Å². The average Bonchev–Trinajstić information content (AvgIpc) is 2.14. The number of nitrogens with zero attached hydrogens (tertiary/aromatic N) is 1. The molecule has 1 aliphatic rings. The van der Waals surface area contributed by atoms with Gasteiger partial charge in [-0.05, 0) is 13.0 Å². The van der Waals surface area contributed by atoms with E-state index in [1.807, 2.05) is 19.1 Å². The van der Waals surface area contributed by atoms with Gasteiger partial charge in [-0.1, -0.05) is 11.6 Å². The molecule has 8 heavy (non-hydrogen) atoms. The molecule has 1 aliphatic carbocycles. The molecule has 0 unspecified atom stereocenters. The standard InChI is InChI=1S/C7H7N/c1-6-2-3-7(4-6)5-8/h2-3H,4H2,1H3. The van der Waals surface area contributed by atoms with E-state index in [9.17, 15) is 0 Å². The average molecular weight is 105 g/mol. The van der Waals surface area contributed by atoms with Crippen LogP contribution in [0.3, 0.4) is 0 Å². The highest BCUT2D eigenvalue weighted by molar-refractivity contribution is 5.37. The van der Waals surface area contributed by atoms with Crippen LogP contribution in [0.1, 0.15) is 13.3 Å². The summed E-state index contributed by atoms with van der Waals surface area (Å²) in [5.41, 5.74) is 2.16. The molecule has 0 fully saturated rings. The highest BCUT2D eigenvalue weighted by Gasteiger charge is 2.00. The Labute approximate surface area is 48.9 Å². The van der Waals surface area contributed by atoms with Gasteiger partial charge >= 0.3 is 0 Å². The van der Waals surface area contributed by atoms with E-state index in [1.54, 1.807) is 0 Å². The van der Waals surface area contributed by atoms with Crippen molar-refractivity contribution >= 4 is 0 Å². The Morgan fingerprint density at radius 2 is 2.38 bits per heavy atom. The largest absolute Gasteiger partial charge is 0.193 e. The van der Waals surface area contributed by atoms with Crippen LogP contribution in [-0.2, 0) is 0 Å². The normalized spacial score (nSPS) is 17.0. The molecule has 0 aromatic carbocycles. The maximum atomic E-state index is 8.33. The monoisotopic (exact) mass is 105 g/mol. The number of hydrogen-bond acceptors (Lipinski definition) is 1. The highest BCUT2D eigenvalue weighted by atomic mass is 14.2. The lowest BCUT2D eigenvalue weighted by molar-refractivity contribution is 1.20. The van der Waals surface area contributed by atoms with Gasteiger partial charge in [0.25, 0.3) is 0 Å². The summed E-state index contributed by atoms with van der Waals surface area (Å²) < 4.78 is 0. The molecule has 0 radical (unpaired) electrons. The maximum absolute atomic E-state index is 8.33. The summed E-state index contributed by atoms with van der Waals surface area (Å²) in [7, 11) is 0. The van der Waals surface area contributed by atoms with Gasteiger partial charge in [0, 0.05) is 12.0 Å². The molecule has 0 saturated carbocycles. The maximum Gasteiger partial charge on any atom is 0.0950 e. The van der Waals surface area contributed by atoms with E-state index < -0.39 is 0 Å². The molecule has 0 aromatic rings. The van der Waals surface area contributed by atoms with Crippen molar-refractivity contribution < 1.29 is 0 Å². The van der Waals surface area contributed by atoms with E-state index in [0.717, 1.165) is 12.0 Å². The third-order valence-electron chi connectivity index (χ3n) is 1.18. The van der Waals surface area contributed by atoms with E-state index in [4.69, 9.17) is 5.26 Å². The lowest BCUT2D eigenvalue weighted by atomic mass is 10.2. The summed E-state index contributed by atoms with van der Waals surface area (Å²) in [6.07, 6.45) is 4.71. The SMILES string of the molecule is CC1=CC=C(C#N)C1. The quantitative estimate of drug-likeness (QED) is 0.460. The molecule has 0 bridgehead atoms. The zero-order valence-corrected chi connectivity index (χ0v) is 4.81. The zero-order chi connectivity index (χ0) is 5.98. The summed E-state index contributed by atoms with van der Waals surface area (Å²) in [4.78, 5) is 0.